The molecule has 2 fully saturated rings. The Morgan fingerprint density at radius 3 is 2.74 bits per heavy atom. The van der Waals surface area contributed by atoms with Crippen LogP contribution in [0, 0.1) is 6.92 Å². The van der Waals surface area contributed by atoms with Gasteiger partial charge in [-0.1, -0.05) is 29.8 Å². The van der Waals surface area contributed by atoms with Crippen molar-refractivity contribution in [1.29, 1.82) is 0 Å². The predicted octanol–water partition coefficient (Wildman–Crippen LogP) is 2.60. The number of amides is 1. The van der Waals surface area contributed by atoms with Gasteiger partial charge in [0.1, 0.15) is 5.54 Å². The number of carbonyl (C=O) groups excluding carboxylic acids is 1. The molecule has 23 heavy (non-hydrogen) atoms. The maximum absolute atomic E-state index is 13.2. The number of benzene rings is 1. The fourth-order valence-corrected chi connectivity index (χ4v) is 4.20. The number of nitrogens with zero attached hydrogens (tertiary/aromatic N) is 2. The van der Waals surface area contributed by atoms with Gasteiger partial charge < -0.3 is 9.64 Å². The van der Waals surface area contributed by atoms with Crippen molar-refractivity contribution in [2.75, 3.05) is 33.4 Å². The number of aryl methyl sites for hydroxylation is 1. The van der Waals surface area contributed by atoms with Crippen LogP contribution in [0.5, 0.6) is 0 Å². The van der Waals surface area contributed by atoms with Crippen molar-refractivity contribution >= 4 is 5.91 Å². The van der Waals surface area contributed by atoms with E-state index in [2.05, 4.69) is 36.1 Å². The van der Waals surface area contributed by atoms with Gasteiger partial charge in [0.2, 0.25) is 5.91 Å². The van der Waals surface area contributed by atoms with E-state index in [4.69, 9.17) is 4.74 Å². The molecule has 2 saturated heterocycles. The lowest BCUT2D eigenvalue weighted by molar-refractivity contribution is -0.148. The highest BCUT2D eigenvalue weighted by Crippen LogP contribution is 2.39. The first-order chi connectivity index (χ1) is 11.2. The summed E-state index contributed by atoms with van der Waals surface area (Å²) in [6.45, 7) is 6.25. The highest BCUT2D eigenvalue weighted by Gasteiger charge is 2.50. The highest BCUT2D eigenvalue weighted by molar-refractivity contribution is 5.87. The van der Waals surface area contributed by atoms with E-state index in [1.807, 2.05) is 4.90 Å². The Bertz CT molecular complexity index is 560. The van der Waals surface area contributed by atoms with Crippen molar-refractivity contribution in [1.82, 2.24) is 9.80 Å². The van der Waals surface area contributed by atoms with Crippen LogP contribution in [0.2, 0.25) is 0 Å². The summed E-state index contributed by atoms with van der Waals surface area (Å²) in [5.41, 5.74) is 2.33. The zero-order valence-electron chi connectivity index (χ0n) is 14.4. The van der Waals surface area contributed by atoms with E-state index in [-0.39, 0.29) is 5.54 Å². The van der Waals surface area contributed by atoms with Gasteiger partial charge in [-0.2, -0.15) is 0 Å². The van der Waals surface area contributed by atoms with E-state index in [1.54, 1.807) is 7.11 Å². The molecule has 126 valence electrons. The molecule has 4 heteroatoms. The second kappa shape index (κ2) is 7.02. The summed E-state index contributed by atoms with van der Waals surface area (Å²) in [5, 5.41) is 0. The lowest BCUT2D eigenvalue weighted by atomic mass is 9.85. The van der Waals surface area contributed by atoms with Crippen molar-refractivity contribution in [3.63, 3.8) is 0 Å². The molecule has 2 heterocycles. The molecule has 4 nitrogen and oxygen atoms in total. The molecule has 1 aromatic carbocycles. The van der Waals surface area contributed by atoms with Gasteiger partial charge in [0.25, 0.3) is 0 Å². The highest BCUT2D eigenvalue weighted by atomic mass is 16.5. The van der Waals surface area contributed by atoms with Crippen LogP contribution < -0.4 is 0 Å². The fourth-order valence-electron chi connectivity index (χ4n) is 4.20. The van der Waals surface area contributed by atoms with Crippen LogP contribution in [0.4, 0.5) is 0 Å². The second-order valence-corrected chi connectivity index (χ2v) is 6.93. The number of ether oxygens (including phenoxy) is 1. The number of hydrogen-bond donors (Lipinski definition) is 0. The number of piperidine rings is 1. The number of hydrogen-bond acceptors (Lipinski definition) is 3. The molecule has 1 unspecified atom stereocenters. The standard InChI is InChI=1S/C19H28N2O2/c1-16-6-3-7-17(14-16)15-21-11-5-9-19(21)8-4-10-20(18(19)22)12-13-23-2/h3,6-7,14H,4-5,8-13,15H2,1-2H3. The minimum Gasteiger partial charge on any atom is -0.383 e. The topological polar surface area (TPSA) is 32.8 Å². The Balaban J connectivity index is 1.77. The SMILES string of the molecule is COCCN1CCCC2(CCCN2Cc2cccc(C)c2)C1=O. The van der Waals surface area contributed by atoms with Crippen molar-refractivity contribution < 1.29 is 9.53 Å². The number of methoxy groups -OCH3 is 1. The van der Waals surface area contributed by atoms with Crippen molar-refractivity contribution in [2.24, 2.45) is 0 Å². The van der Waals surface area contributed by atoms with E-state index < -0.39 is 0 Å². The zero-order chi connectivity index (χ0) is 16.3. The summed E-state index contributed by atoms with van der Waals surface area (Å²) in [6.07, 6.45) is 4.22. The molecule has 0 radical (unpaired) electrons. The van der Waals surface area contributed by atoms with Gasteiger partial charge >= 0.3 is 0 Å². The predicted molar refractivity (Wildman–Crippen MR) is 91.2 cm³/mol. The summed E-state index contributed by atoms with van der Waals surface area (Å²) in [4.78, 5) is 17.6. The Morgan fingerprint density at radius 2 is 2.00 bits per heavy atom. The Hall–Kier alpha value is -1.39. The van der Waals surface area contributed by atoms with Gasteiger partial charge in [0.05, 0.1) is 6.61 Å². The van der Waals surface area contributed by atoms with Gasteiger partial charge in [-0.05, 0) is 44.7 Å². The second-order valence-electron chi connectivity index (χ2n) is 6.93. The van der Waals surface area contributed by atoms with E-state index in [9.17, 15) is 4.79 Å². The van der Waals surface area contributed by atoms with Gasteiger partial charge in [0, 0.05) is 26.7 Å². The summed E-state index contributed by atoms with van der Waals surface area (Å²) in [6, 6.07) is 8.65. The molecule has 2 aliphatic heterocycles. The summed E-state index contributed by atoms with van der Waals surface area (Å²) in [5.74, 6) is 0.325. The van der Waals surface area contributed by atoms with E-state index >= 15 is 0 Å². The molecule has 2 aliphatic rings. The summed E-state index contributed by atoms with van der Waals surface area (Å²) < 4.78 is 5.17. The zero-order valence-corrected chi connectivity index (χ0v) is 14.4. The molecule has 1 aromatic rings. The number of carbonyl (C=O) groups is 1. The van der Waals surface area contributed by atoms with Gasteiger partial charge in [-0.25, -0.2) is 0 Å². The summed E-state index contributed by atoms with van der Waals surface area (Å²) >= 11 is 0. The van der Waals surface area contributed by atoms with Crippen molar-refractivity contribution in [3.8, 4) is 0 Å². The van der Waals surface area contributed by atoms with Crippen LogP contribution in [-0.4, -0.2) is 54.6 Å². The molecular weight excluding hydrogens is 288 g/mol. The number of rotatable bonds is 5. The molecule has 1 atom stereocenters. The van der Waals surface area contributed by atoms with Crippen LogP contribution >= 0.6 is 0 Å². The van der Waals surface area contributed by atoms with Crippen molar-refractivity contribution in [3.05, 3.63) is 35.4 Å². The molecule has 0 aliphatic carbocycles. The summed E-state index contributed by atoms with van der Waals surface area (Å²) in [7, 11) is 1.70. The Kier molecular flexibility index (Phi) is 5.02. The largest absolute Gasteiger partial charge is 0.383 e. The average Bonchev–Trinajstić information content (AvgIpc) is 2.92. The monoisotopic (exact) mass is 316 g/mol. The first-order valence-electron chi connectivity index (χ1n) is 8.75. The quantitative estimate of drug-likeness (QED) is 0.837. The molecule has 0 N–H and O–H groups in total. The molecule has 0 bridgehead atoms. The Morgan fingerprint density at radius 1 is 1.22 bits per heavy atom. The third-order valence-electron chi connectivity index (χ3n) is 5.35. The first kappa shape index (κ1) is 16.5. The number of likely N-dealkylation sites (tertiary alicyclic amines) is 2. The normalized spacial score (nSPS) is 25.5. The Labute approximate surface area is 139 Å². The smallest absolute Gasteiger partial charge is 0.243 e. The molecule has 1 amide bonds. The molecule has 0 aromatic heterocycles. The van der Waals surface area contributed by atoms with E-state index in [1.165, 1.54) is 11.1 Å². The van der Waals surface area contributed by atoms with Crippen LogP contribution in [0.15, 0.2) is 24.3 Å². The molecule has 3 rings (SSSR count). The molecule has 1 spiro atoms. The third-order valence-corrected chi connectivity index (χ3v) is 5.35. The van der Waals surface area contributed by atoms with Gasteiger partial charge in [-0.3, -0.25) is 9.69 Å². The molecule has 0 saturated carbocycles. The third kappa shape index (κ3) is 3.29. The molecular formula is C19H28N2O2. The van der Waals surface area contributed by atoms with Crippen LogP contribution in [0.3, 0.4) is 0 Å². The van der Waals surface area contributed by atoms with E-state index in [0.717, 1.165) is 51.9 Å². The minimum absolute atomic E-state index is 0.268. The van der Waals surface area contributed by atoms with Gasteiger partial charge in [-0.15, -0.1) is 0 Å². The van der Waals surface area contributed by atoms with Crippen molar-refractivity contribution in [2.45, 2.75) is 44.7 Å². The minimum atomic E-state index is -0.268. The van der Waals surface area contributed by atoms with Gasteiger partial charge in [0.15, 0.2) is 0 Å². The maximum atomic E-state index is 13.2. The first-order valence-corrected chi connectivity index (χ1v) is 8.75. The maximum Gasteiger partial charge on any atom is 0.243 e. The fraction of sp³-hybridized carbons (Fsp3) is 0.632. The van der Waals surface area contributed by atoms with E-state index in [0.29, 0.717) is 12.5 Å². The van der Waals surface area contributed by atoms with Crippen LogP contribution in [0.1, 0.15) is 36.8 Å². The van der Waals surface area contributed by atoms with Crippen LogP contribution in [0.25, 0.3) is 0 Å². The lowest BCUT2D eigenvalue weighted by Crippen LogP contribution is -2.60. The lowest BCUT2D eigenvalue weighted by Gasteiger charge is -2.44. The average molecular weight is 316 g/mol. The van der Waals surface area contributed by atoms with Crippen LogP contribution in [-0.2, 0) is 16.1 Å².